The minimum atomic E-state index is -0.878. The quantitative estimate of drug-likeness (QED) is 0.637. The molecule has 1 aromatic carbocycles. The highest BCUT2D eigenvalue weighted by Crippen LogP contribution is 2.15. The van der Waals surface area contributed by atoms with Gasteiger partial charge in [-0.2, -0.15) is 0 Å². The largest absolute Gasteiger partial charge is 0.491 e. The Morgan fingerprint density at radius 2 is 2.08 bits per heavy atom. The number of hydrogen-bond donors (Lipinski definition) is 1. The van der Waals surface area contributed by atoms with Crippen molar-refractivity contribution in [1.82, 2.24) is 9.55 Å². The van der Waals surface area contributed by atoms with Crippen molar-refractivity contribution in [1.29, 1.82) is 0 Å². The molecule has 0 bridgehead atoms. The fourth-order valence-corrected chi connectivity index (χ4v) is 3.18. The van der Waals surface area contributed by atoms with Crippen LogP contribution in [0.2, 0.25) is 0 Å². The first-order chi connectivity index (χ1) is 12.6. The summed E-state index contributed by atoms with van der Waals surface area (Å²) in [6, 6.07) is 8.23. The molecule has 0 aliphatic carbocycles. The van der Waals surface area contributed by atoms with Gasteiger partial charge in [-0.05, 0) is 42.6 Å². The van der Waals surface area contributed by atoms with Crippen LogP contribution < -0.4 is 10.3 Å². The van der Waals surface area contributed by atoms with E-state index in [2.05, 4.69) is 4.98 Å². The van der Waals surface area contributed by atoms with Gasteiger partial charge in [-0.1, -0.05) is 0 Å². The second-order valence-electron chi connectivity index (χ2n) is 5.55. The summed E-state index contributed by atoms with van der Waals surface area (Å²) in [5.74, 6) is 0.117. The number of fused-ring (bicyclic) bond motifs is 1. The third-order valence-corrected chi connectivity index (χ3v) is 4.54. The number of thiophene rings is 1. The normalized spacial score (nSPS) is 12.1. The zero-order chi connectivity index (χ0) is 18.5. The number of carbonyl (C=O) groups excluding carboxylic acids is 1. The Hall–Kier alpha value is -2.71. The van der Waals surface area contributed by atoms with Crippen molar-refractivity contribution in [3.63, 3.8) is 0 Å². The molecule has 1 atom stereocenters. The number of benzene rings is 1. The van der Waals surface area contributed by atoms with Gasteiger partial charge in [-0.15, -0.1) is 11.3 Å². The predicted octanol–water partition coefficient (Wildman–Crippen LogP) is 2.07. The van der Waals surface area contributed by atoms with E-state index in [9.17, 15) is 14.7 Å². The van der Waals surface area contributed by atoms with Gasteiger partial charge in [-0.3, -0.25) is 9.36 Å². The summed E-state index contributed by atoms with van der Waals surface area (Å²) in [5.41, 5.74) is 0.910. The molecule has 0 unspecified atom stereocenters. The van der Waals surface area contributed by atoms with Crippen molar-refractivity contribution in [3.8, 4) is 5.75 Å². The van der Waals surface area contributed by atoms with Crippen molar-refractivity contribution in [2.75, 3.05) is 13.2 Å². The van der Waals surface area contributed by atoms with Gasteiger partial charge in [0, 0.05) is 0 Å². The summed E-state index contributed by atoms with van der Waals surface area (Å²) in [5, 5.41) is 11.9. The SMILES string of the molecule is CCOC(=O)c1ccc(OC[C@@H](O)Cn2cnc3ccsc3c2=O)cc1. The second-order valence-corrected chi connectivity index (χ2v) is 6.46. The van der Waals surface area contributed by atoms with Crippen LogP contribution in [0, 0.1) is 0 Å². The van der Waals surface area contributed by atoms with E-state index in [1.165, 1.54) is 22.2 Å². The minimum Gasteiger partial charge on any atom is -0.491 e. The highest BCUT2D eigenvalue weighted by molar-refractivity contribution is 7.17. The Balaban J connectivity index is 1.58. The van der Waals surface area contributed by atoms with E-state index in [0.717, 1.165) is 0 Å². The van der Waals surface area contributed by atoms with Crippen LogP contribution in [0.15, 0.2) is 46.8 Å². The lowest BCUT2D eigenvalue weighted by Gasteiger charge is -2.14. The smallest absolute Gasteiger partial charge is 0.338 e. The Kier molecular flexibility index (Phi) is 5.65. The maximum atomic E-state index is 12.3. The zero-order valence-corrected chi connectivity index (χ0v) is 14.9. The Morgan fingerprint density at radius 1 is 1.31 bits per heavy atom. The summed E-state index contributed by atoms with van der Waals surface area (Å²) < 4.78 is 12.4. The molecule has 136 valence electrons. The van der Waals surface area contributed by atoms with Crippen molar-refractivity contribution in [2.24, 2.45) is 0 Å². The first-order valence-electron chi connectivity index (χ1n) is 8.09. The molecule has 0 aliphatic heterocycles. The number of ether oxygens (including phenoxy) is 2. The van der Waals surface area contributed by atoms with Crippen molar-refractivity contribution in [3.05, 3.63) is 58.0 Å². The molecule has 0 aliphatic rings. The van der Waals surface area contributed by atoms with E-state index < -0.39 is 12.1 Å². The average Bonchev–Trinajstić information content (AvgIpc) is 3.12. The van der Waals surface area contributed by atoms with Crippen molar-refractivity contribution < 1.29 is 19.4 Å². The van der Waals surface area contributed by atoms with Gasteiger partial charge in [0.05, 0.1) is 30.6 Å². The van der Waals surface area contributed by atoms with E-state index in [1.807, 2.05) is 5.38 Å². The molecule has 26 heavy (non-hydrogen) atoms. The number of nitrogens with zero attached hydrogens (tertiary/aromatic N) is 2. The van der Waals surface area contributed by atoms with Crippen LogP contribution in [0.25, 0.3) is 10.2 Å². The fourth-order valence-electron chi connectivity index (χ4n) is 2.38. The first kappa shape index (κ1) is 18.1. The number of aliphatic hydroxyl groups is 1. The summed E-state index contributed by atoms with van der Waals surface area (Å²) >= 11 is 1.33. The highest BCUT2D eigenvalue weighted by atomic mass is 32.1. The van der Waals surface area contributed by atoms with Crippen LogP contribution in [0.1, 0.15) is 17.3 Å². The maximum Gasteiger partial charge on any atom is 0.338 e. The topological polar surface area (TPSA) is 90.7 Å². The molecule has 3 rings (SSSR count). The number of carbonyl (C=O) groups is 1. The van der Waals surface area contributed by atoms with Crippen LogP contribution >= 0.6 is 11.3 Å². The van der Waals surface area contributed by atoms with E-state index >= 15 is 0 Å². The van der Waals surface area contributed by atoms with Gasteiger partial charge < -0.3 is 14.6 Å². The molecule has 0 amide bonds. The van der Waals surface area contributed by atoms with Gasteiger partial charge in [0.2, 0.25) is 0 Å². The number of rotatable bonds is 7. The third-order valence-electron chi connectivity index (χ3n) is 3.65. The predicted molar refractivity (Wildman–Crippen MR) is 97.8 cm³/mol. The van der Waals surface area contributed by atoms with Crippen LogP contribution in [0.5, 0.6) is 5.75 Å². The van der Waals surface area contributed by atoms with Gasteiger partial charge in [-0.25, -0.2) is 9.78 Å². The van der Waals surface area contributed by atoms with Crippen LogP contribution in [0.4, 0.5) is 0 Å². The molecule has 2 aromatic heterocycles. The van der Waals surface area contributed by atoms with E-state index in [1.54, 1.807) is 37.3 Å². The van der Waals surface area contributed by atoms with Gasteiger partial charge in [0.25, 0.3) is 5.56 Å². The summed E-state index contributed by atoms with van der Waals surface area (Å²) in [7, 11) is 0. The second kappa shape index (κ2) is 8.11. The molecule has 0 spiro atoms. The average molecular weight is 374 g/mol. The maximum absolute atomic E-state index is 12.3. The van der Waals surface area contributed by atoms with Crippen molar-refractivity contribution >= 4 is 27.5 Å². The van der Waals surface area contributed by atoms with Gasteiger partial charge in [0.15, 0.2) is 0 Å². The standard InChI is InChI=1S/C18H18N2O5S/c1-2-24-18(23)12-3-5-14(6-4-12)25-10-13(21)9-20-11-19-15-7-8-26-16(15)17(20)22/h3-8,11,13,21H,2,9-10H2,1H3/t13-/m0/s1. The van der Waals surface area contributed by atoms with Gasteiger partial charge in [0.1, 0.15) is 23.2 Å². The van der Waals surface area contributed by atoms with Crippen molar-refractivity contribution in [2.45, 2.75) is 19.6 Å². The summed E-state index contributed by atoms with van der Waals surface area (Å²) in [6.07, 6.45) is 0.547. The zero-order valence-electron chi connectivity index (χ0n) is 14.1. The van der Waals surface area contributed by atoms with Crippen LogP contribution in [0.3, 0.4) is 0 Å². The highest BCUT2D eigenvalue weighted by Gasteiger charge is 2.11. The number of aromatic nitrogens is 2. The molecular formula is C18H18N2O5S. The Morgan fingerprint density at radius 3 is 2.81 bits per heavy atom. The molecule has 0 fully saturated rings. The third kappa shape index (κ3) is 4.09. The molecule has 0 radical (unpaired) electrons. The van der Waals surface area contributed by atoms with Crippen LogP contribution in [-0.2, 0) is 11.3 Å². The first-order valence-corrected chi connectivity index (χ1v) is 8.97. The fraction of sp³-hybridized carbons (Fsp3) is 0.278. The van der Waals surface area contributed by atoms with E-state index in [0.29, 0.717) is 28.1 Å². The summed E-state index contributed by atoms with van der Waals surface area (Å²) in [6.45, 7) is 2.15. The monoisotopic (exact) mass is 374 g/mol. The molecular weight excluding hydrogens is 356 g/mol. The molecule has 7 nitrogen and oxygen atoms in total. The molecule has 0 saturated carbocycles. The molecule has 0 saturated heterocycles. The van der Waals surface area contributed by atoms with Gasteiger partial charge >= 0.3 is 5.97 Å². The van der Waals surface area contributed by atoms with E-state index in [4.69, 9.17) is 9.47 Å². The molecule has 2 heterocycles. The van der Waals surface area contributed by atoms with E-state index in [-0.39, 0.29) is 18.7 Å². The number of esters is 1. The Labute approximate surface area is 153 Å². The number of hydrogen-bond acceptors (Lipinski definition) is 7. The summed E-state index contributed by atoms with van der Waals surface area (Å²) in [4.78, 5) is 28.1. The lowest BCUT2D eigenvalue weighted by molar-refractivity contribution is 0.0526. The minimum absolute atomic E-state index is 0.00761. The Bertz CT molecular complexity index is 948. The lowest BCUT2D eigenvalue weighted by atomic mass is 10.2. The van der Waals surface area contributed by atoms with Crippen LogP contribution in [-0.4, -0.2) is 39.9 Å². The molecule has 3 aromatic rings. The number of aliphatic hydroxyl groups excluding tert-OH is 1. The lowest BCUT2D eigenvalue weighted by Crippen LogP contribution is -2.30. The molecule has 1 N–H and O–H groups in total. The molecule has 8 heteroatoms.